The number of nitrogens with one attached hydrogen (secondary N) is 1. The van der Waals surface area contributed by atoms with Crippen LogP contribution in [-0.4, -0.2) is 12.0 Å². The highest BCUT2D eigenvalue weighted by molar-refractivity contribution is 5.81. The number of carbonyl (C=O) groups is 1. The fourth-order valence-electron chi connectivity index (χ4n) is 1.65. The number of hydrogen-bond donors (Lipinski definition) is 1. The summed E-state index contributed by atoms with van der Waals surface area (Å²) >= 11 is 0. The highest BCUT2D eigenvalue weighted by Crippen LogP contribution is 2.34. The Balaban J connectivity index is 4.49. The molecule has 0 unspecified atom stereocenters. The Hall–Kier alpha value is -0.660. The first-order valence-electron chi connectivity index (χ1n) is 5.53. The summed E-state index contributed by atoms with van der Waals surface area (Å²) in [5, 5.41) is 7.18. The predicted octanol–water partition coefficient (Wildman–Crippen LogP) is 3.45. The monoisotopic (exact) mass is 197 g/mol. The topological polar surface area (TPSA) is 40.9 Å². The third-order valence-corrected chi connectivity index (χ3v) is 3.23. The number of hydrogen-bond acceptors (Lipinski definition) is 2. The molecule has 0 atom stereocenters. The molecule has 0 radical (unpaired) electrons. The van der Waals surface area contributed by atoms with Gasteiger partial charge in [-0.1, -0.05) is 27.7 Å². The largest absolute Gasteiger partial charge is 0.313 e. The molecule has 0 bridgehead atoms. The number of rotatable bonds is 7. The molecule has 0 fully saturated rings. The maximum atomic E-state index is 11.7. The van der Waals surface area contributed by atoms with Gasteiger partial charge in [-0.2, -0.15) is 0 Å². The van der Waals surface area contributed by atoms with Crippen LogP contribution in [0.25, 0.3) is 0 Å². The van der Waals surface area contributed by atoms with Crippen LogP contribution in [0.4, 0.5) is 0 Å². The molecule has 0 rings (SSSR count). The molecule has 2 nitrogen and oxygen atoms in total. The third kappa shape index (κ3) is 3.60. The quantitative estimate of drug-likeness (QED) is 0.624. The van der Waals surface area contributed by atoms with Gasteiger partial charge in [-0.15, -0.1) is 0 Å². The zero-order valence-electron chi connectivity index (χ0n) is 9.89. The molecule has 0 saturated heterocycles. The van der Waals surface area contributed by atoms with Crippen LogP contribution >= 0.6 is 0 Å². The smallest absolute Gasteiger partial charge is 0.135 e. The minimum absolute atomic E-state index is 0.0447. The fourth-order valence-corrected chi connectivity index (χ4v) is 1.65. The Labute approximate surface area is 87.6 Å². The average molecular weight is 197 g/mol. The maximum absolute atomic E-state index is 11.7. The van der Waals surface area contributed by atoms with E-state index in [0.29, 0.717) is 12.2 Å². The second kappa shape index (κ2) is 5.94. The van der Waals surface area contributed by atoms with E-state index in [2.05, 4.69) is 13.8 Å². The second-order valence-corrected chi connectivity index (χ2v) is 4.41. The lowest BCUT2D eigenvalue weighted by atomic mass is 9.74. The Morgan fingerprint density at radius 3 is 2.14 bits per heavy atom. The molecule has 0 aromatic rings. The maximum Gasteiger partial charge on any atom is 0.135 e. The van der Waals surface area contributed by atoms with Crippen molar-refractivity contribution in [2.45, 2.75) is 53.4 Å². The molecule has 0 aromatic carbocycles. The summed E-state index contributed by atoms with van der Waals surface area (Å²) < 4.78 is 0. The molecule has 0 aliphatic heterocycles. The van der Waals surface area contributed by atoms with E-state index in [1.165, 1.54) is 6.21 Å². The number of carbonyl (C=O) groups excluding carboxylic acids is 1. The van der Waals surface area contributed by atoms with Gasteiger partial charge in [-0.05, 0) is 30.9 Å². The lowest BCUT2D eigenvalue weighted by Crippen LogP contribution is -2.25. The molecule has 1 N–H and O–H groups in total. The van der Waals surface area contributed by atoms with Crippen molar-refractivity contribution in [2.75, 3.05) is 0 Å². The zero-order chi connectivity index (χ0) is 11.2. The Morgan fingerprint density at radius 2 is 1.86 bits per heavy atom. The summed E-state index contributed by atoms with van der Waals surface area (Å²) in [4.78, 5) is 11.7. The van der Waals surface area contributed by atoms with E-state index < -0.39 is 0 Å². The Morgan fingerprint density at radius 1 is 1.36 bits per heavy atom. The van der Waals surface area contributed by atoms with Crippen LogP contribution in [0.5, 0.6) is 0 Å². The minimum atomic E-state index is 0.0447. The Bertz CT molecular complexity index is 192. The highest BCUT2D eigenvalue weighted by atomic mass is 16.1. The van der Waals surface area contributed by atoms with Crippen LogP contribution in [0.2, 0.25) is 0 Å². The molecular formula is C12H23NO. The van der Waals surface area contributed by atoms with E-state index in [-0.39, 0.29) is 11.3 Å². The summed E-state index contributed by atoms with van der Waals surface area (Å²) in [6.45, 7) is 8.12. The standard InChI is InChI=1S/C12H23NO/c1-5-12(6-2,7-8-13)9-11(14)10(3)4/h8,10,13H,5-7,9H2,1-4H3. The van der Waals surface area contributed by atoms with Gasteiger partial charge in [0.2, 0.25) is 0 Å². The molecule has 82 valence electrons. The molecule has 0 aliphatic rings. The van der Waals surface area contributed by atoms with Gasteiger partial charge in [0.1, 0.15) is 5.78 Å². The van der Waals surface area contributed by atoms with Gasteiger partial charge >= 0.3 is 0 Å². The van der Waals surface area contributed by atoms with Crippen molar-refractivity contribution in [3.63, 3.8) is 0 Å². The molecule has 0 aromatic heterocycles. The summed E-state index contributed by atoms with van der Waals surface area (Å²) in [6, 6.07) is 0. The molecule has 0 heterocycles. The van der Waals surface area contributed by atoms with E-state index >= 15 is 0 Å². The normalized spacial score (nSPS) is 11.8. The summed E-state index contributed by atoms with van der Waals surface area (Å²) in [5.41, 5.74) is 0.0447. The van der Waals surface area contributed by atoms with Gasteiger partial charge in [-0.25, -0.2) is 0 Å². The van der Waals surface area contributed by atoms with Crippen LogP contribution < -0.4 is 0 Å². The van der Waals surface area contributed by atoms with E-state index in [1.54, 1.807) is 0 Å². The average Bonchev–Trinajstić information content (AvgIpc) is 2.16. The molecule has 0 aliphatic carbocycles. The summed E-state index contributed by atoms with van der Waals surface area (Å²) in [7, 11) is 0. The number of Topliss-reactive ketones (excluding diaryl/α,β-unsaturated/α-hetero) is 1. The van der Waals surface area contributed by atoms with Crippen LogP contribution in [0.3, 0.4) is 0 Å². The van der Waals surface area contributed by atoms with Crippen LogP contribution in [-0.2, 0) is 4.79 Å². The lowest BCUT2D eigenvalue weighted by Gasteiger charge is -2.30. The first kappa shape index (κ1) is 13.3. The molecule has 0 amide bonds. The number of ketones is 1. The first-order chi connectivity index (χ1) is 6.51. The van der Waals surface area contributed by atoms with Gasteiger partial charge in [-0.3, -0.25) is 4.79 Å². The van der Waals surface area contributed by atoms with Crippen molar-refractivity contribution >= 4 is 12.0 Å². The van der Waals surface area contributed by atoms with Gasteiger partial charge in [0.05, 0.1) is 0 Å². The SMILES string of the molecule is CCC(CC)(CC=N)CC(=O)C(C)C. The van der Waals surface area contributed by atoms with E-state index in [0.717, 1.165) is 19.3 Å². The van der Waals surface area contributed by atoms with Crippen molar-refractivity contribution in [1.82, 2.24) is 0 Å². The van der Waals surface area contributed by atoms with E-state index in [9.17, 15) is 4.79 Å². The first-order valence-corrected chi connectivity index (χ1v) is 5.53. The van der Waals surface area contributed by atoms with E-state index in [4.69, 9.17) is 5.41 Å². The van der Waals surface area contributed by atoms with Crippen molar-refractivity contribution in [3.05, 3.63) is 0 Å². The minimum Gasteiger partial charge on any atom is -0.313 e. The fraction of sp³-hybridized carbons (Fsp3) is 0.833. The van der Waals surface area contributed by atoms with Crippen molar-refractivity contribution in [1.29, 1.82) is 5.41 Å². The van der Waals surface area contributed by atoms with Crippen LogP contribution in [0, 0.1) is 16.7 Å². The molecule has 2 heteroatoms. The molecular weight excluding hydrogens is 174 g/mol. The van der Waals surface area contributed by atoms with E-state index in [1.807, 2.05) is 13.8 Å². The third-order valence-electron chi connectivity index (χ3n) is 3.23. The van der Waals surface area contributed by atoms with Crippen molar-refractivity contribution in [3.8, 4) is 0 Å². The summed E-state index contributed by atoms with van der Waals surface area (Å²) in [6.07, 6.45) is 4.78. The second-order valence-electron chi connectivity index (χ2n) is 4.41. The Kier molecular flexibility index (Phi) is 5.66. The van der Waals surface area contributed by atoms with Crippen LogP contribution in [0.1, 0.15) is 53.4 Å². The predicted molar refractivity (Wildman–Crippen MR) is 60.9 cm³/mol. The summed E-state index contributed by atoms with van der Waals surface area (Å²) in [5.74, 6) is 0.453. The van der Waals surface area contributed by atoms with Gasteiger partial charge in [0.15, 0.2) is 0 Å². The van der Waals surface area contributed by atoms with Gasteiger partial charge in [0, 0.05) is 12.3 Å². The zero-order valence-corrected chi connectivity index (χ0v) is 9.89. The van der Waals surface area contributed by atoms with Crippen LogP contribution in [0.15, 0.2) is 0 Å². The molecule has 0 saturated carbocycles. The molecule has 14 heavy (non-hydrogen) atoms. The lowest BCUT2D eigenvalue weighted by molar-refractivity contribution is -0.124. The van der Waals surface area contributed by atoms with Crippen molar-refractivity contribution in [2.24, 2.45) is 11.3 Å². The van der Waals surface area contributed by atoms with Gasteiger partial charge < -0.3 is 5.41 Å². The highest BCUT2D eigenvalue weighted by Gasteiger charge is 2.28. The van der Waals surface area contributed by atoms with Gasteiger partial charge in [0.25, 0.3) is 0 Å². The molecule has 0 spiro atoms. The van der Waals surface area contributed by atoms with Crippen molar-refractivity contribution < 1.29 is 4.79 Å².